The van der Waals surface area contributed by atoms with E-state index in [1.54, 1.807) is 11.6 Å². The Morgan fingerprint density at radius 1 is 0.926 bits per heavy atom. The molecule has 274 valence electrons. The summed E-state index contributed by atoms with van der Waals surface area (Å²) in [7, 11) is 1.74. The number of aryl methyl sites for hydroxylation is 1. The van der Waals surface area contributed by atoms with Gasteiger partial charge >= 0.3 is 5.69 Å². The Morgan fingerprint density at radius 2 is 1.76 bits per heavy atom. The van der Waals surface area contributed by atoms with E-state index in [0.717, 1.165) is 98.9 Å². The van der Waals surface area contributed by atoms with Crippen LogP contribution in [0.3, 0.4) is 0 Å². The number of piperidine rings is 2. The minimum Gasteiger partial charge on any atom is -0.381 e. The molecular formula is C40H39N9O4S. The highest BCUT2D eigenvalue weighted by molar-refractivity contribution is 7.21. The number of aromatic nitrogens is 4. The molecule has 0 radical (unpaired) electrons. The lowest BCUT2D eigenvalue weighted by molar-refractivity contribution is -0.135. The number of thiophene rings is 1. The summed E-state index contributed by atoms with van der Waals surface area (Å²) in [5, 5.41) is 11.0. The fraction of sp³-hybridized carbons (Fsp3) is 0.350. The van der Waals surface area contributed by atoms with E-state index in [0.29, 0.717) is 18.5 Å². The molecule has 2 atom stereocenters. The first-order chi connectivity index (χ1) is 26.1. The van der Waals surface area contributed by atoms with Crippen LogP contribution in [0.1, 0.15) is 48.3 Å². The van der Waals surface area contributed by atoms with Gasteiger partial charge in [0.2, 0.25) is 11.8 Å². The van der Waals surface area contributed by atoms with Crippen LogP contribution in [-0.4, -0.2) is 75.6 Å². The molecule has 4 aromatic heterocycles. The van der Waals surface area contributed by atoms with Gasteiger partial charge in [-0.2, -0.15) is 0 Å². The van der Waals surface area contributed by atoms with Gasteiger partial charge in [0.25, 0.3) is 5.91 Å². The molecule has 0 bridgehead atoms. The van der Waals surface area contributed by atoms with Crippen LogP contribution in [0.4, 0.5) is 17.2 Å². The smallest absolute Gasteiger partial charge is 0.329 e. The zero-order valence-corrected chi connectivity index (χ0v) is 30.8. The first-order valence-corrected chi connectivity index (χ1v) is 19.4. The first-order valence-electron chi connectivity index (χ1n) is 18.6. The van der Waals surface area contributed by atoms with Gasteiger partial charge in [-0.15, -0.1) is 11.3 Å². The minimum absolute atomic E-state index is 0.0307. The number of carbonyl (C=O) groups is 3. The Kier molecular flexibility index (Phi) is 7.38. The molecule has 0 aliphatic carbocycles. The van der Waals surface area contributed by atoms with Crippen molar-refractivity contribution in [3.05, 3.63) is 76.2 Å². The number of amides is 3. The van der Waals surface area contributed by atoms with Gasteiger partial charge in [0.1, 0.15) is 16.7 Å². The summed E-state index contributed by atoms with van der Waals surface area (Å²) in [6.07, 6.45) is 4.58. The van der Waals surface area contributed by atoms with Crippen molar-refractivity contribution < 1.29 is 14.4 Å². The maximum atomic E-state index is 13.2. The Bertz CT molecular complexity index is 2610. The predicted octanol–water partition coefficient (Wildman–Crippen LogP) is 4.79. The predicted molar refractivity (Wildman–Crippen MR) is 210 cm³/mol. The molecule has 13 nitrogen and oxygen atoms in total. The van der Waals surface area contributed by atoms with E-state index in [1.165, 1.54) is 15.9 Å². The van der Waals surface area contributed by atoms with E-state index >= 15 is 0 Å². The number of imide groups is 1. The molecule has 2 aromatic carbocycles. The molecular weight excluding hydrogens is 703 g/mol. The third-order valence-electron chi connectivity index (χ3n) is 11.9. The largest absolute Gasteiger partial charge is 0.381 e. The zero-order chi connectivity index (χ0) is 36.9. The molecule has 4 aliphatic rings. The van der Waals surface area contributed by atoms with Crippen molar-refractivity contribution in [3.8, 4) is 11.3 Å². The summed E-state index contributed by atoms with van der Waals surface area (Å²) < 4.78 is 4.20. The third kappa shape index (κ3) is 5.17. The topological polar surface area (TPSA) is 146 Å². The SMILES string of the molecule is C[C@@H]1CNc2c(sc3ccc4nc(-c5ccc(N6CC7(CCN(c8ccc9c(c8)n(C)c(=O)n9C8CCC(=O)NC8=O)CC7)C6)nc5)ccc4c23)C(=O)N1. The van der Waals surface area contributed by atoms with Crippen LogP contribution in [0.5, 0.6) is 0 Å². The van der Waals surface area contributed by atoms with Crippen LogP contribution >= 0.6 is 11.3 Å². The minimum atomic E-state index is -0.690. The van der Waals surface area contributed by atoms with Crippen molar-refractivity contribution in [2.75, 3.05) is 47.8 Å². The average Bonchev–Trinajstić information content (AvgIpc) is 3.62. The maximum Gasteiger partial charge on any atom is 0.329 e. The van der Waals surface area contributed by atoms with E-state index in [1.807, 2.05) is 43.5 Å². The molecule has 4 aliphatic heterocycles. The van der Waals surface area contributed by atoms with Gasteiger partial charge in [-0.3, -0.25) is 28.8 Å². The van der Waals surface area contributed by atoms with E-state index < -0.39 is 11.9 Å². The lowest BCUT2D eigenvalue weighted by Gasteiger charge is -2.54. The average molecular weight is 742 g/mol. The number of imidazole rings is 1. The Morgan fingerprint density at radius 3 is 2.54 bits per heavy atom. The quantitative estimate of drug-likeness (QED) is 0.217. The number of carbonyl (C=O) groups excluding carboxylic acids is 3. The highest BCUT2D eigenvalue weighted by atomic mass is 32.1. The van der Waals surface area contributed by atoms with Crippen molar-refractivity contribution in [1.82, 2.24) is 29.7 Å². The normalized spacial score (nSPS) is 21.2. The number of pyridine rings is 2. The Balaban J connectivity index is 0.808. The number of fused-ring (bicyclic) bond motifs is 6. The summed E-state index contributed by atoms with van der Waals surface area (Å²) in [4.78, 5) is 65.7. The maximum absolute atomic E-state index is 13.2. The fourth-order valence-corrected chi connectivity index (χ4v) is 9.97. The zero-order valence-electron chi connectivity index (χ0n) is 30.0. The second-order valence-corrected chi connectivity index (χ2v) is 16.4. The third-order valence-corrected chi connectivity index (χ3v) is 13.0. The molecule has 3 N–H and O–H groups in total. The number of rotatable bonds is 4. The summed E-state index contributed by atoms with van der Waals surface area (Å²) in [5.41, 5.74) is 6.15. The Hall–Kier alpha value is -5.76. The summed E-state index contributed by atoms with van der Waals surface area (Å²) in [6.45, 7) is 6.46. The van der Waals surface area contributed by atoms with Crippen LogP contribution in [0, 0.1) is 5.41 Å². The molecule has 3 saturated heterocycles. The van der Waals surface area contributed by atoms with E-state index in [4.69, 9.17) is 9.97 Å². The molecule has 6 aromatic rings. The van der Waals surface area contributed by atoms with E-state index in [-0.39, 0.29) is 35.4 Å². The molecule has 14 heteroatoms. The van der Waals surface area contributed by atoms with Crippen molar-refractivity contribution in [1.29, 1.82) is 0 Å². The van der Waals surface area contributed by atoms with Crippen LogP contribution in [0.15, 0.2) is 65.6 Å². The van der Waals surface area contributed by atoms with Gasteiger partial charge in [0.05, 0.1) is 27.9 Å². The van der Waals surface area contributed by atoms with Crippen LogP contribution in [-0.2, 0) is 16.6 Å². The molecule has 54 heavy (non-hydrogen) atoms. The highest BCUT2D eigenvalue weighted by Crippen LogP contribution is 2.44. The Labute approximate surface area is 314 Å². The molecule has 0 saturated carbocycles. The van der Waals surface area contributed by atoms with Gasteiger partial charge in [-0.1, -0.05) is 0 Å². The number of hydrogen-bond donors (Lipinski definition) is 3. The number of nitrogens with zero attached hydrogens (tertiary/aromatic N) is 6. The van der Waals surface area contributed by atoms with Crippen molar-refractivity contribution in [3.63, 3.8) is 0 Å². The lowest BCUT2D eigenvalue weighted by Crippen LogP contribution is -2.60. The fourth-order valence-electron chi connectivity index (χ4n) is 8.87. The van der Waals surface area contributed by atoms with Gasteiger partial charge in [0.15, 0.2) is 0 Å². The van der Waals surface area contributed by atoms with Gasteiger partial charge in [0, 0.05) is 90.6 Å². The molecule has 8 heterocycles. The monoisotopic (exact) mass is 741 g/mol. The van der Waals surface area contributed by atoms with E-state index in [9.17, 15) is 19.2 Å². The molecule has 3 fully saturated rings. The first kappa shape index (κ1) is 32.9. The van der Waals surface area contributed by atoms with E-state index in [2.05, 4.69) is 50.0 Å². The molecule has 1 spiro atoms. The standard InChI is InChI=1S/C40H39N9O4S/c1-22-18-42-35-34-25-5-6-26(44-27(25)7-10-31(34)54-36(35)38(52)43-22)23-3-11-32(41-19-23)48-20-40(21-48)13-15-47(16-14-40)24-4-8-28-30(17-24)46(2)39(53)49(28)29-9-12-33(50)45-37(29)51/h3-8,10-11,17,19,22,29,42H,9,12-16,18,20-21H2,1-2H3,(H,43,52)(H,45,50,51)/t22-,29?/m1/s1. The second kappa shape index (κ2) is 12.1. The number of anilines is 3. The van der Waals surface area contributed by atoms with Crippen molar-refractivity contribution >= 4 is 78.3 Å². The molecule has 1 unspecified atom stereocenters. The number of benzene rings is 2. The van der Waals surface area contributed by atoms with Crippen molar-refractivity contribution in [2.45, 2.75) is 44.7 Å². The summed E-state index contributed by atoms with van der Waals surface area (Å²) in [5.74, 6) is 0.223. The van der Waals surface area contributed by atoms with Gasteiger partial charge < -0.3 is 20.4 Å². The number of nitrogens with one attached hydrogen (secondary N) is 3. The second-order valence-electron chi connectivity index (χ2n) is 15.4. The van der Waals surface area contributed by atoms with Crippen LogP contribution in [0.25, 0.3) is 43.3 Å². The van der Waals surface area contributed by atoms with Crippen molar-refractivity contribution in [2.24, 2.45) is 12.5 Å². The highest BCUT2D eigenvalue weighted by Gasteiger charge is 2.45. The van der Waals surface area contributed by atoms with Gasteiger partial charge in [-0.05, 0) is 80.8 Å². The van der Waals surface area contributed by atoms with Crippen LogP contribution in [0.2, 0.25) is 0 Å². The van der Waals surface area contributed by atoms with Gasteiger partial charge in [-0.25, -0.2) is 14.8 Å². The summed E-state index contributed by atoms with van der Waals surface area (Å²) >= 11 is 1.52. The molecule has 3 amide bonds. The summed E-state index contributed by atoms with van der Waals surface area (Å²) in [6, 6.07) is 17.8. The lowest BCUT2D eigenvalue weighted by atomic mass is 9.72. The number of hydrogen-bond acceptors (Lipinski definition) is 10. The molecule has 10 rings (SSSR count). The van der Waals surface area contributed by atoms with Crippen LogP contribution < -0.4 is 31.4 Å².